The fourth-order valence-electron chi connectivity index (χ4n) is 3.53. The van der Waals surface area contributed by atoms with Crippen LogP contribution in [0.1, 0.15) is 21.5 Å². The summed E-state index contributed by atoms with van der Waals surface area (Å²) in [5.74, 6) is 0.753. The third kappa shape index (κ3) is 3.25. The first kappa shape index (κ1) is 17.9. The lowest BCUT2D eigenvalue weighted by molar-refractivity contribution is 0.102. The second kappa shape index (κ2) is 7.33. The molecule has 0 unspecified atom stereocenters. The molecule has 5 rings (SSSR count). The summed E-state index contributed by atoms with van der Waals surface area (Å²) >= 11 is 0. The van der Waals surface area contributed by atoms with Gasteiger partial charge in [-0.15, -0.1) is 0 Å². The molecule has 0 atom stereocenters. The van der Waals surface area contributed by atoms with Gasteiger partial charge in [0.05, 0.1) is 16.9 Å². The number of para-hydroxylation sites is 2. The first-order valence-electron chi connectivity index (χ1n) is 9.63. The van der Waals surface area contributed by atoms with E-state index in [0.29, 0.717) is 28.5 Å². The molecule has 30 heavy (non-hydrogen) atoms. The van der Waals surface area contributed by atoms with Gasteiger partial charge in [0.1, 0.15) is 5.76 Å². The van der Waals surface area contributed by atoms with Gasteiger partial charge in [0, 0.05) is 11.1 Å². The van der Waals surface area contributed by atoms with Gasteiger partial charge >= 0.3 is 0 Å². The zero-order valence-corrected chi connectivity index (χ0v) is 16.1. The number of carbonyl (C=O) groups is 1. The monoisotopic (exact) mass is 390 g/mol. The zero-order valence-electron chi connectivity index (χ0n) is 16.1. The molecule has 0 radical (unpaired) electrons. The van der Waals surface area contributed by atoms with E-state index in [1.165, 1.54) is 0 Å². The van der Waals surface area contributed by atoms with E-state index in [4.69, 9.17) is 4.74 Å². The van der Waals surface area contributed by atoms with Gasteiger partial charge in [0.2, 0.25) is 5.90 Å². The Hall–Kier alpha value is -4.18. The number of nitrogens with one attached hydrogen (secondary N) is 1. The molecule has 0 spiro atoms. The van der Waals surface area contributed by atoms with Crippen LogP contribution in [0.5, 0.6) is 0 Å². The van der Waals surface area contributed by atoms with E-state index in [0.717, 1.165) is 22.0 Å². The number of carbonyl (C=O) groups excluding carboxylic acids is 1. The first-order valence-corrected chi connectivity index (χ1v) is 9.63. The van der Waals surface area contributed by atoms with E-state index in [1.54, 1.807) is 0 Å². The molecule has 4 nitrogen and oxygen atoms in total. The van der Waals surface area contributed by atoms with Gasteiger partial charge in [-0.2, -0.15) is 0 Å². The predicted octanol–water partition coefficient (Wildman–Crippen LogP) is 6.17. The Balaban J connectivity index is 1.49. The maximum atomic E-state index is 12.9. The van der Waals surface area contributed by atoms with Crippen LogP contribution in [0.15, 0.2) is 103 Å². The molecule has 1 N–H and O–H groups in total. The van der Waals surface area contributed by atoms with Crippen molar-refractivity contribution in [3.05, 3.63) is 114 Å². The Morgan fingerprint density at radius 1 is 0.800 bits per heavy atom. The molecule has 1 amide bonds. The van der Waals surface area contributed by atoms with Gasteiger partial charge in [0.25, 0.3) is 5.91 Å². The lowest BCUT2D eigenvalue weighted by Crippen LogP contribution is -2.17. The van der Waals surface area contributed by atoms with E-state index in [-0.39, 0.29) is 5.91 Å². The van der Waals surface area contributed by atoms with Crippen LogP contribution in [0.2, 0.25) is 0 Å². The van der Waals surface area contributed by atoms with Crippen molar-refractivity contribution in [3.8, 4) is 0 Å². The number of nitrogens with zero attached hydrogens (tertiary/aromatic N) is 1. The molecule has 0 aromatic heterocycles. The maximum absolute atomic E-state index is 12.9. The molecule has 4 aromatic carbocycles. The predicted molar refractivity (Wildman–Crippen MR) is 121 cm³/mol. The Morgan fingerprint density at radius 3 is 2.37 bits per heavy atom. The normalized spacial score (nSPS) is 12.7. The van der Waals surface area contributed by atoms with E-state index in [1.807, 2.05) is 91.0 Å². The summed E-state index contributed by atoms with van der Waals surface area (Å²) in [6.45, 7) is 4.01. The Labute approximate surface area is 174 Å². The minimum Gasteiger partial charge on any atom is -0.438 e. The second-order valence-corrected chi connectivity index (χ2v) is 7.02. The molecule has 1 aliphatic rings. The molecule has 0 fully saturated rings. The maximum Gasteiger partial charge on any atom is 0.255 e. The SMILES string of the molecule is C=C1OC(c2ccccc2NC(=O)c2ccc3ccccc3c2)=Nc2ccccc21. The van der Waals surface area contributed by atoms with Crippen molar-refractivity contribution in [1.29, 1.82) is 0 Å². The van der Waals surface area contributed by atoms with Crippen molar-refractivity contribution in [2.45, 2.75) is 0 Å². The largest absolute Gasteiger partial charge is 0.438 e. The summed E-state index contributed by atoms with van der Waals surface area (Å²) in [4.78, 5) is 17.6. The number of ether oxygens (including phenoxy) is 1. The second-order valence-electron chi connectivity index (χ2n) is 7.02. The molecular formula is C26H18N2O2. The molecular weight excluding hydrogens is 372 g/mol. The van der Waals surface area contributed by atoms with E-state index >= 15 is 0 Å². The molecule has 4 heteroatoms. The van der Waals surface area contributed by atoms with Crippen LogP contribution >= 0.6 is 0 Å². The van der Waals surface area contributed by atoms with Crippen molar-refractivity contribution >= 4 is 39.7 Å². The number of rotatable bonds is 3. The smallest absolute Gasteiger partial charge is 0.255 e. The summed E-state index contributed by atoms with van der Waals surface area (Å²) in [7, 11) is 0. The summed E-state index contributed by atoms with van der Waals surface area (Å²) in [6.07, 6.45) is 0. The van der Waals surface area contributed by atoms with Crippen molar-refractivity contribution in [3.63, 3.8) is 0 Å². The number of hydrogen-bond acceptors (Lipinski definition) is 3. The number of benzene rings is 4. The van der Waals surface area contributed by atoms with Gasteiger partial charge in [0.15, 0.2) is 0 Å². The minimum absolute atomic E-state index is 0.191. The fourth-order valence-corrected chi connectivity index (χ4v) is 3.53. The van der Waals surface area contributed by atoms with Crippen LogP contribution in [0, 0.1) is 0 Å². The Bertz CT molecular complexity index is 1340. The average molecular weight is 390 g/mol. The lowest BCUT2D eigenvalue weighted by atomic mass is 10.1. The van der Waals surface area contributed by atoms with Gasteiger partial charge < -0.3 is 10.1 Å². The summed E-state index contributed by atoms with van der Waals surface area (Å²) in [6, 6.07) is 28.8. The number of anilines is 1. The van der Waals surface area contributed by atoms with Crippen LogP contribution in [0.25, 0.3) is 16.5 Å². The zero-order chi connectivity index (χ0) is 20.5. The van der Waals surface area contributed by atoms with E-state index in [9.17, 15) is 4.79 Å². The summed E-state index contributed by atoms with van der Waals surface area (Å²) in [5.41, 5.74) is 3.56. The summed E-state index contributed by atoms with van der Waals surface area (Å²) < 4.78 is 5.89. The van der Waals surface area contributed by atoms with Gasteiger partial charge in [-0.25, -0.2) is 4.99 Å². The van der Waals surface area contributed by atoms with Crippen molar-refractivity contribution in [2.75, 3.05) is 5.32 Å². The van der Waals surface area contributed by atoms with Crippen molar-refractivity contribution < 1.29 is 9.53 Å². The Morgan fingerprint density at radius 2 is 1.50 bits per heavy atom. The molecule has 4 aromatic rings. The highest BCUT2D eigenvalue weighted by Gasteiger charge is 2.21. The third-order valence-electron chi connectivity index (χ3n) is 5.06. The average Bonchev–Trinajstić information content (AvgIpc) is 2.79. The fraction of sp³-hybridized carbons (Fsp3) is 0. The Kier molecular flexibility index (Phi) is 4.37. The minimum atomic E-state index is -0.191. The highest BCUT2D eigenvalue weighted by Crippen LogP contribution is 2.33. The van der Waals surface area contributed by atoms with Crippen LogP contribution in [0.3, 0.4) is 0 Å². The van der Waals surface area contributed by atoms with Crippen molar-refractivity contribution in [2.24, 2.45) is 4.99 Å². The molecule has 1 heterocycles. The van der Waals surface area contributed by atoms with Gasteiger partial charge in [-0.3, -0.25) is 4.79 Å². The summed E-state index contributed by atoms with van der Waals surface area (Å²) in [5, 5.41) is 5.11. The first-order chi connectivity index (χ1) is 14.7. The van der Waals surface area contributed by atoms with Crippen LogP contribution in [0.4, 0.5) is 11.4 Å². The van der Waals surface area contributed by atoms with Crippen LogP contribution in [-0.4, -0.2) is 11.8 Å². The molecule has 0 saturated carbocycles. The molecule has 0 aliphatic carbocycles. The highest BCUT2D eigenvalue weighted by molar-refractivity contribution is 6.11. The number of fused-ring (bicyclic) bond motifs is 2. The van der Waals surface area contributed by atoms with E-state index < -0.39 is 0 Å². The molecule has 144 valence electrons. The quantitative estimate of drug-likeness (QED) is 0.455. The molecule has 0 saturated heterocycles. The number of hydrogen-bond donors (Lipinski definition) is 1. The molecule has 1 aliphatic heterocycles. The number of amides is 1. The third-order valence-corrected chi connectivity index (χ3v) is 5.06. The van der Waals surface area contributed by atoms with Gasteiger partial charge in [-0.05, 0) is 47.2 Å². The van der Waals surface area contributed by atoms with Crippen molar-refractivity contribution in [1.82, 2.24) is 0 Å². The highest BCUT2D eigenvalue weighted by atomic mass is 16.5. The van der Waals surface area contributed by atoms with Crippen LogP contribution < -0.4 is 5.32 Å². The van der Waals surface area contributed by atoms with Crippen LogP contribution in [-0.2, 0) is 4.74 Å². The van der Waals surface area contributed by atoms with Gasteiger partial charge in [-0.1, -0.05) is 61.2 Å². The number of aliphatic imine (C=N–C) groups is 1. The lowest BCUT2D eigenvalue weighted by Gasteiger charge is -2.20. The molecule has 0 bridgehead atoms. The topological polar surface area (TPSA) is 50.7 Å². The van der Waals surface area contributed by atoms with E-state index in [2.05, 4.69) is 16.9 Å². The standard InChI is InChI=1S/C26H18N2O2/c1-17-21-10-4-6-12-23(21)28-26(30-17)22-11-5-7-13-24(22)27-25(29)20-15-14-18-8-2-3-9-19(18)16-20/h2-16H,1H2,(H,27,29).